The van der Waals surface area contributed by atoms with Crippen molar-refractivity contribution in [3.05, 3.63) is 51.8 Å². The summed E-state index contributed by atoms with van der Waals surface area (Å²) < 4.78 is 19.4. The van der Waals surface area contributed by atoms with Gasteiger partial charge in [-0.25, -0.2) is 4.39 Å². The van der Waals surface area contributed by atoms with E-state index in [1.54, 1.807) is 25.2 Å². The van der Waals surface area contributed by atoms with Crippen LogP contribution in [0, 0.1) is 5.82 Å². The number of benzene rings is 2. The second kappa shape index (κ2) is 7.12. The molecule has 0 atom stereocenters. The first-order valence-corrected chi connectivity index (χ1v) is 7.37. The molecule has 5 heteroatoms. The van der Waals surface area contributed by atoms with Crippen LogP contribution < -0.4 is 10.1 Å². The van der Waals surface area contributed by atoms with E-state index in [9.17, 15) is 4.39 Å². The minimum Gasteiger partial charge on any atom is -0.492 e. The van der Waals surface area contributed by atoms with Gasteiger partial charge in [0.15, 0.2) is 0 Å². The molecule has 0 saturated carbocycles. The van der Waals surface area contributed by atoms with Crippen LogP contribution in [0.1, 0.15) is 12.5 Å². The van der Waals surface area contributed by atoms with Crippen LogP contribution in [-0.2, 0) is 6.54 Å². The number of halogens is 3. The molecule has 0 heterocycles. The summed E-state index contributed by atoms with van der Waals surface area (Å²) in [5, 5.41) is 3.85. The third kappa shape index (κ3) is 3.67. The first-order chi connectivity index (χ1) is 10.1. The number of hydrogen-bond donors (Lipinski definition) is 1. The van der Waals surface area contributed by atoms with Crippen LogP contribution >= 0.6 is 23.2 Å². The van der Waals surface area contributed by atoms with E-state index in [-0.39, 0.29) is 5.82 Å². The SMILES string of the molecule is CCOc1cc(Cl)c(-c2ccc(CNC)c(F)c2)cc1Cl. The molecule has 2 rings (SSSR count). The van der Waals surface area contributed by atoms with Gasteiger partial charge in [-0.1, -0.05) is 35.3 Å². The lowest BCUT2D eigenvalue weighted by molar-refractivity contribution is 0.340. The van der Waals surface area contributed by atoms with Crippen molar-refractivity contribution >= 4 is 23.2 Å². The zero-order chi connectivity index (χ0) is 15.4. The lowest BCUT2D eigenvalue weighted by Crippen LogP contribution is -2.06. The molecule has 0 bridgehead atoms. The third-order valence-corrected chi connectivity index (χ3v) is 3.66. The zero-order valence-corrected chi connectivity index (χ0v) is 13.4. The van der Waals surface area contributed by atoms with Crippen LogP contribution in [0.5, 0.6) is 5.75 Å². The van der Waals surface area contributed by atoms with Gasteiger partial charge in [0.05, 0.1) is 16.7 Å². The van der Waals surface area contributed by atoms with Gasteiger partial charge in [0.2, 0.25) is 0 Å². The van der Waals surface area contributed by atoms with Gasteiger partial charge in [-0.05, 0) is 31.7 Å². The minimum absolute atomic E-state index is 0.275. The monoisotopic (exact) mass is 327 g/mol. The molecular weight excluding hydrogens is 312 g/mol. The highest BCUT2D eigenvalue weighted by Gasteiger charge is 2.12. The summed E-state index contributed by atoms with van der Waals surface area (Å²) in [4.78, 5) is 0. The highest BCUT2D eigenvalue weighted by Crippen LogP contribution is 2.37. The summed E-state index contributed by atoms with van der Waals surface area (Å²) >= 11 is 12.4. The van der Waals surface area contributed by atoms with Crippen molar-refractivity contribution in [1.82, 2.24) is 5.32 Å². The van der Waals surface area contributed by atoms with Gasteiger partial charge in [-0.2, -0.15) is 0 Å². The highest BCUT2D eigenvalue weighted by atomic mass is 35.5. The molecule has 0 amide bonds. The second-order valence-electron chi connectivity index (χ2n) is 4.53. The van der Waals surface area contributed by atoms with Gasteiger partial charge in [0.25, 0.3) is 0 Å². The Kier molecular flexibility index (Phi) is 5.45. The zero-order valence-electron chi connectivity index (χ0n) is 11.8. The fourth-order valence-corrected chi connectivity index (χ4v) is 2.55. The van der Waals surface area contributed by atoms with Crippen LogP contribution in [0.25, 0.3) is 11.1 Å². The van der Waals surface area contributed by atoms with Crippen molar-refractivity contribution in [2.45, 2.75) is 13.5 Å². The molecule has 0 spiro atoms. The second-order valence-corrected chi connectivity index (χ2v) is 5.35. The van der Waals surface area contributed by atoms with Crippen LogP contribution in [0.2, 0.25) is 10.0 Å². The molecule has 2 nitrogen and oxygen atoms in total. The first-order valence-electron chi connectivity index (χ1n) is 6.62. The van der Waals surface area contributed by atoms with Crippen molar-refractivity contribution in [1.29, 1.82) is 0 Å². The topological polar surface area (TPSA) is 21.3 Å². The fraction of sp³-hybridized carbons (Fsp3) is 0.250. The van der Waals surface area contributed by atoms with Crippen LogP contribution in [0.15, 0.2) is 30.3 Å². The van der Waals surface area contributed by atoms with Gasteiger partial charge in [0, 0.05) is 23.7 Å². The maximum absolute atomic E-state index is 14.0. The van der Waals surface area contributed by atoms with E-state index in [0.29, 0.717) is 45.6 Å². The molecule has 0 aliphatic heterocycles. The highest BCUT2D eigenvalue weighted by molar-refractivity contribution is 6.36. The average molecular weight is 328 g/mol. The van der Waals surface area contributed by atoms with E-state index in [2.05, 4.69) is 5.32 Å². The predicted octanol–water partition coefficient (Wildman–Crippen LogP) is 4.92. The average Bonchev–Trinajstić information content (AvgIpc) is 2.45. The predicted molar refractivity (Wildman–Crippen MR) is 85.8 cm³/mol. The Bertz CT molecular complexity index is 646. The molecule has 1 N–H and O–H groups in total. The molecule has 21 heavy (non-hydrogen) atoms. The Morgan fingerprint density at radius 2 is 1.90 bits per heavy atom. The fourth-order valence-electron chi connectivity index (χ4n) is 2.06. The van der Waals surface area contributed by atoms with Gasteiger partial charge in [-0.15, -0.1) is 0 Å². The summed E-state index contributed by atoms with van der Waals surface area (Å²) in [6, 6.07) is 8.38. The van der Waals surface area contributed by atoms with E-state index in [1.807, 2.05) is 13.0 Å². The van der Waals surface area contributed by atoms with Crippen molar-refractivity contribution in [2.75, 3.05) is 13.7 Å². The largest absolute Gasteiger partial charge is 0.492 e. The van der Waals surface area contributed by atoms with Crippen LogP contribution in [0.4, 0.5) is 4.39 Å². The Hall–Kier alpha value is -1.29. The standard InChI is InChI=1S/C16H16Cl2FNO/c1-3-21-16-8-13(17)12(7-14(16)18)10-4-5-11(9-20-2)15(19)6-10/h4-8,20H,3,9H2,1-2H3. The van der Waals surface area contributed by atoms with Crippen molar-refractivity contribution in [3.8, 4) is 16.9 Å². The summed E-state index contributed by atoms with van der Waals surface area (Å²) in [5.74, 6) is 0.253. The Labute approximate surface area is 133 Å². The summed E-state index contributed by atoms with van der Waals surface area (Å²) in [7, 11) is 1.77. The minimum atomic E-state index is -0.275. The van der Waals surface area contributed by atoms with Crippen molar-refractivity contribution in [3.63, 3.8) is 0 Å². The molecule has 0 aliphatic rings. The molecular formula is C16H16Cl2FNO. The van der Waals surface area contributed by atoms with Crippen LogP contribution in [0.3, 0.4) is 0 Å². The third-order valence-electron chi connectivity index (χ3n) is 3.05. The van der Waals surface area contributed by atoms with Crippen LogP contribution in [-0.4, -0.2) is 13.7 Å². The van der Waals surface area contributed by atoms with E-state index in [0.717, 1.165) is 0 Å². The molecule has 2 aromatic carbocycles. The quantitative estimate of drug-likeness (QED) is 0.841. The maximum atomic E-state index is 14.0. The number of hydrogen-bond acceptors (Lipinski definition) is 2. The summed E-state index contributed by atoms with van der Waals surface area (Å²) in [6.45, 7) is 2.85. The molecule has 112 valence electrons. The van der Waals surface area contributed by atoms with Gasteiger partial charge in [-0.3, -0.25) is 0 Å². The molecule has 2 aromatic rings. The number of nitrogens with one attached hydrogen (secondary N) is 1. The first kappa shape index (κ1) is 16.1. The lowest BCUT2D eigenvalue weighted by atomic mass is 10.0. The molecule has 0 aromatic heterocycles. The van der Waals surface area contributed by atoms with E-state index in [1.165, 1.54) is 6.07 Å². The smallest absolute Gasteiger partial charge is 0.139 e. The number of rotatable bonds is 5. The Morgan fingerprint density at radius 1 is 1.14 bits per heavy atom. The van der Waals surface area contributed by atoms with Crippen molar-refractivity contribution < 1.29 is 9.13 Å². The van der Waals surface area contributed by atoms with E-state index >= 15 is 0 Å². The van der Waals surface area contributed by atoms with Crippen molar-refractivity contribution in [2.24, 2.45) is 0 Å². The molecule has 0 fully saturated rings. The maximum Gasteiger partial charge on any atom is 0.139 e. The normalized spacial score (nSPS) is 10.7. The van der Waals surface area contributed by atoms with Gasteiger partial charge in [0.1, 0.15) is 11.6 Å². The Balaban J connectivity index is 2.42. The molecule has 0 radical (unpaired) electrons. The van der Waals surface area contributed by atoms with E-state index in [4.69, 9.17) is 27.9 Å². The lowest BCUT2D eigenvalue weighted by Gasteiger charge is -2.11. The molecule has 0 unspecified atom stereocenters. The summed E-state index contributed by atoms with van der Waals surface area (Å²) in [5.41, 5.74) is 1.97. The van der Waals surface area contributed by atoms with Gasteiger partial charge >= 0.3 is 0 Å². The molecule has 0 aliphatic carbocycles. The molecule has 0 saturated heterocycles. The Morgan fingerprint density at radius 3 is 2.52 bits per heavy atom. The van der Waals surface area contributed by atoms with Gasteiger partial charge < -0.3 is 10.1 Å². The summed E-state index contributed by atoms with van der Waals surface area (Å²) in [6.07, 6.45) is 0. The van der Waals surface area contributed by atoms with E-state index < -0.39 is 0 Å². The number of ether oxygens (including phenoxy) is 1.